The summed E-state index contributed by atoms with van der Waals surface area (Å²) in [6, 6.07) is 17.2. The minimum absolute atomic E-state index is 0.0497. The second kappa shape index (κ2) is 11.6. The van der Waals surface area contributed by atoms with Crippen LogP contribution in [0.15, 0.2) is 72.3 Å². The van der Waals surface area contributed by atoms with Gasteiger partial charge < -0.3 is 9.84 Å². The van der Waals surface area contributed by atoms with Crippen LogP contribution in [0.1, 0.15) is 55.8 Å². The molecule has 37 heavy (non-hydrogen) atoms. The fraction of sp³-hybridized carbons (Fsp3) is 0.267. The number of halogens is 2. The third kappa shape index (κ3) is 5.54. The number of ether oxygens (including phenoxy) is 1. The zero-order valence-electron chi connectivity index (χ0n) is 20.8. The SMILES string of the molecule is CCCCCOc1ccc(/C(O)=C2\C(=O)C(=O)N(c3ccc(F)c(Cl)c3)C2c2ccc(CC)cc2)cc1. The van der Waals surface area contributed by atoms with Crippen LogP contribution in [-0.4, -0.2) is 23.4 Å². The van der Waals surface area contributed by atoms with Crippen molar-refractivity contribution in [1.29, 1.82) is 0 Å². The standard InChI is InChI=1S/C30H29ClFNO4/c1-3-5-6-17-37-23-14-11-21(12-15-23)28(34)26-27(20-9-7-19(4-2)8-10-20)33(30(36)29(26)35)22-13-16-25(32)24(31)18-22/h7-16,18,27,34H,3-6,17H2,1-2H3/b28-26+. The Labute approximate surface area is 221 Å². The number of benzene rings is 3. The zero-order chi connectivity index (χ0) is 26.5. The van der Waals surface area contributed by atoms with Crippen molar-refractivity contribution < 1.29 is 23.8 Å². The Hall–Kier alpha value is -3.64. The number of hydrogen-bond donors (Lipinski definition) is 1. The summed E-state index contributed by atoms with van der Waals surface area (Å²) >= 11 is 6.00. The van der Waals surface area contributed by atoms with E-state index in [1.54, 1.807) is 24.3 Å². The van der Waals surface area contributed by atoms with E-state index in [-0.39, 0.29) is 22.0 Å². The van der Waals surface area contributed by atoms with E-state index in [4.69, 9.17) is 16.3 Å². The first-order valence-electron chi connectivity index (χ1n) is 12.4. The van der Waals surface area contributed by atoms with E-state index in [1.165, 1.54) is 17.0 Å². The second-order valence-electron chi connectivity index (χ2n) is 8.94. The third-order valence-electron chi connectivity index (χ3n) is 6.47. The number of Topliss-reactive ketones (excluding diaryl/α,β-unsaturated/α-hetero) is 1. The number of carbonyl (C=O) groups excluding carboxylic acids is 2. The highest BCUT2D eigenvalue weighted by molar-refractivity contribution is 6.51. The lowest BCUT2D eigenvalue weighted by atomic mass is 9.94. The maximum atomic E-state index is 13.9. The van der Waals surface area contributed by atoms with E-state index in [0.717, 1.165) is 37.3 Å². The molecule has 5 nitrogen and oxygen atoms in total. The molecule has 1 aliphatic heterocycles. The average Bonchev–Trinajstić information content (AvgIpc) is 3.18. The lowest BCUT2D eigenvalue weighted by molar-refractivity contribution is -0.132. The summed E-state index contributed by atoms with van der Waals surface area (Å²) in [5.74, 6) is -1.94. The number of aliphatic hydroxyl groups excluding tert-OH is 1. The van der Waals surface area contributed by atoms with Gasteiger partial charge in [0.2, 0.25) is 0 Å². The molecule has 1 fully saturated rings. The Morgan fingerprint density at radius 2 is 1.70 bits per heavy atom. The van der Waals surface area contributed by atoms with Gasteiger partial charge in [0.1, 0.15) is 17.3 Å². The molecule has 1 aliphatic rings. The number of aryl methyl sites for hydroxylation is 1. The lowest BCUT2D eigenvalue weighted by Gasteiger charge is -2.26. The van der Waals surface area contributed by atoms with Crippen molar-refractivity contribution in [3.8, 4) is 5.75 Å². The van der Waals surface area contributed by atoms with Gasteiger partial charge in [0.25, 0.3) is 11.7 Å². The van der Waals surface area contributed by atoms with Crippen LogP contribution in [0.25, 0.3) is 5.76 Å². The molecule has 1 amide bonds. The number of anilines is 1. The summed E-state index contributed by atoms with van der Waals surface area (Å²) in [6.45, 7) is 4.74. The van der Waals surface area contributed by atoms with Crippen molar-refractivity contribution in [3.05, 3.63) is 99.8 Å². The number of rotatable bonds is 9. The topological polar surface area (TPSA) is 66.8 Å². The summed E-state index contributed by atoms with van der Waals surface area (Å²) < 4.78 is 19.6. The van der Waals surface area contributed by atoms with Crippen LogP contribution in [-0.2, 0) is 16.0 Å². The molecule has 1 heterocycles. The van der Waals surface area contributed by atoms with Crippen LogP contribution in [0.5, 0.6) is 5.75 Å². The van der Waals surface area contributed by atoms with Gasteiger partial charge in [-0.1, -0.05) is 62.6 Å². The number of hydrogen-bond acceptors (Lipinski definition) is 4. The van der Waals surface area contributed by atoms with Crippen LogP contribution < -0.4 is 9.64 Å². The molecule has 7 heteroatoms. The normalized spacial score (nSPS) is 16.9. The molecule has 0 aromatic heterocycles. The predicted molar refractivity (Wildman–Crippen MR) is 143 cm³/mol. The molecule has 0 saturated carbocycles. The summed E-state index contributed by atoms with van der Waals surface area (Å²) in [4.78, 5) is 27.8. The van der Waals surface area contributed by atoms with E-state index >= 15 is 0 Å². The molecular formula is C30H29ClFNO4. The van der Waals surface area contributed by atoms with Crippen molar-refractivity contribution in [2.45, 2.75) is 45.6 Å². The van der Waals surface area contributed by atoms with Crippen LogP contribution in [0.4, 0.5) is 10.1 Å². The van der Waals surface area contributed by atoms with E-state index < -0.39 is 23.5 Å². The van der Waals surface area contributed by atoms with Crippen molar-refractivity contribution in [1.82, 2.24) is 0 Å². The van der Waals surface area contributed by atoms with Gasteiger partial charge in [-0.15, -0.1) is 0 Å². The van der Waals surface area contributed by atoms with Crippen molar-refractivity contribution in [2.24, 2.45) is 0 Å². The van der Waals surface area contributed by atoms with Gasteiger partial charge in [0.15, 0.2) is 0 Å². The number of amides is 1. The van der Waals surface area contributed by atoms with E-state index in [9.17, 15) is 19.1 Å². The Balaban J connectivity index is 1.77. The largest absolute Gasteiger partial charge is 0.507 e. The molecule has 0 spiro atoms. The molecule has 0 aliphatic carbocycles. The maximum Gasteiger partial charge on any atom is 0.300 e. The number of aliphatic hydroxyl groups is 1. The molecule has 192 valence electrons. The fourth-order valence-electron chi connectivity index (χ4n) is 4.39. The Morgan fingerprint density at radius 1 is 1.00 bits per heavy atom. The predicted octanol–water partition coefficient (Wildman–Crippen LogP) is 7.24. The molecule has 4 rings (SSSR count). The van der Waals surface area contributed by atoms with Crippen molar-refractivity contribution in [3.63, 3.8) is 0 Å². The monoisotopic (exact) mass is 521 g/mol. The van der Waals surface area contributed by atoms with Crippen LogP contribution in [0.3, 0.4) is 0 Å². The van der Waals surface area contributed by atoms with Crippen LogP contribution in [0.2, 0.25) is 5.02 Å². The minimum Gasteiger partial charge on any atom is -0.507 e. The first-order valence-corrected chi connectivity index (χ1v) is 12.8. The molecule has 0 bridgehead atoms. The highest BCUT2D eigenvalue weighted by Crippen LogP contribution is 2.43. The number of nitrogens with zero attached hydrogens (tertiary/aromatic N) is 1. The average molecular weight is 522 g/mol. The second-order valence-corrected chi connectivity index (χ2v) is 9.35. The van der Waals surface area contributed by atoms with E-state index in [0.29, 0.717) is 23.5 Å². The van der Waals surface area contributed by atoms with Gasteiger partial charge in [-0.2, -0.15) is 0 Å². The van der Waals surface area contributed by atoms with Gasteiger partial charge in [-0.3, -0.25) is 14.5 Å². The number of unbranched alkanes of at least 4 members (excludes halogenated alkanes) is 2. The van der Waals surface area contributed by atoms with Gasteiger partial charge >= 0.3 is 0 Å². The smallest absolute Gasteiger partial charge is 0.300 e. The van der Waals surface area contributed by atoms with Crippen LogP contribution in [0, 0.1) is 5.82 Å². The van der Waals surface area contributed by atoms with E-state index in [2.05, 4.69) is 6.92 Å². The molecule has 1 unspecified atom stereocenters. The molecule has 1 N–H and O–H groups in total. The Bertz CT molecular complexity index is 1320. The summed E-state index contributed by atoms with van der Waals surface area (Å²) in [6.07, 6.45) is 3.95. The Kier molecular flexibility index (Phi) is 8.29. The van der Waals surface area contributed by atoms with Gasteiger partial charge in [0.05, 0.1) is 23.2 Å². The quantitative estimate of drug-likeness (QED) is 0.139. The fourth-order valence-corrected chi connectivity index (χ4v) is 4.57. The first-order chi connectivity index (χ1) is 17.8. The molecule has 3 aromatic rings. The minimum atomic E-state index is -0.919. The van der Waals surface area contributed by atoms with Crippen LogP contribution >= 0.6 is 11.6 Å². The number of carbonyl (C=O) groups is 2. The molecule has 0 radical (unpaired) electrons. The molecule has 1 saturated heterocycles. The van der Waals surface area contributed by atoms with Gasteiger partial charge in [0, 0.05) is 11.3 Å². The molecule has 1 atom stereocenters. The first kappa shape index (κ1) is 26.4. The molecular weight excluding hydrogens is 493 g/mol. The summed E-state index contributed by atoms with van der Waals surface area (Å²) in [7, 11) is 0. The maximum absolute atomic E-state index is 13.9. The number of ketones is 1. The summed E-state index contributed by atoms with van der Waals surface area (Å²) in [5.41, 5.74) is 2.31. The lowest BCUT2D eigenvalue weighted by Crippen LogP contribution is -2.29. The third-order valence-corrected chi connectivity index (χ3v) is 6.76. The highest BCUT2D eigenvalue weighted by Gasteiger charge is 2.47. The Morgan fingerprint density at radius 3 is 2.32 bits per heavy atom. The van der Waals surface area contributed by atoms with Crippen molar-refractivity contribution >= 4 is 34.7 Å². The van der Waals surface area contributed by atoms with Gasteiger partial charge in [-0.05, 0) is 66.4 Å². The van der Waals surface area contributed by atoms with Crippen molar-refractivity contribution in [2.75, 3.05) is 11.5 Å². The van der Waals surface area contributed by atoms with Gasteiger partial charge in [-0.25, -0.2) is 4.39 Å². The highest BCUT2D eigenvalue weighted by atomic mass is 35.5. The molecule has 3 aromatic carbocycles. The zero-order valence-corrected chi connectivity index (χ0v) is 21.6. The summed E-state index contributed by atoms with van der Waals surface area (Å²) in [5, 5.41) is 11.1. The van der Waals surface area contributed by atoms with E-state index in [1.807, 2.05) is 31.2 Å².